The second-order valence-electron chi connectivity index (χ2n) is 9.64. The van der Waals surface area contributed by atoms with Gasteiger partial charge in [-0.3, -0.25) is 9.69 Å². The maximum atomic E-state index is 13.5. The van der Waals surface area contributed by atoms with Crippen molar-refractivity contribution in [2.75, 3.05) is 13.6 Å². The molecule has 2 rings (SSSR count). The topological polar surface area (TPSA) is 40.6 Å². The molecule has 1 unspecified atom stereocenters. The second kappa shape index (κ2) is 6.20. The van der Waals surface area contributed by atoms with E-state index in [0.29, 0.717) is 6.54 Å². The lowest BCUT2D eigenvalue weighted by molar-refractivity contribution is -0.146. The average molecular weight is 335 g/mol. The van der Waals surface area contributed by atoms with Crippen molar-refractivity contribution in [1.82, 2.24) is 9.80 Å². The summed E-state index contributed by atoms with van der Waals surface area (Å²) < 4.78 is 0. The SMILES string of the molecule is CN1CC(C)(C2=CCCCC2)C(=O)N(C(C)(C)CC(C)(C)C)C1=O. The molecule has 0 aromatic heterocycles. The van der Waals surface area contributed by atoms with Crippen molar-refractivity contribution in [3.63, 3.8) is 0 Å². The predicted octanol–water partition coefficient (Wildman–Crippen LogP) is 4.60. The van der Waals surface area contributed by atoms with Gasteiger partial charge in [0.15, 0.2) is 0 Å². The van der Waals surface area contributed by atoms with Crippen LogP contribution in [0.3, 0.4) is 0 Å². The van der Waals surface area contributed by atoms with Gasteiger partial charge >= 0.3 is 6.03 Å². The highest BCUT2D eigenvalue weighted by Gasteiger charge is 2.53. The summed E-state index contributed by atoms with van der Waals surface area (Å²) in [6.07, 6.45) is 7.36. The molecule has 3 amide bonds. The summed E-state index contributed by atoms with van der Waals surface area (Å²) in [5.41, 5.74) is 0.172. The molecule has 1 atom stereocenters. The minimum atomic E-state index is -0.585. The van der Waals surface area contributed by atoms with Crippen molar-refractivity contribution >= 4 is 11.9 Å². The van der Waals surface area contributed by atoms with Crippen molar-refractivity contribution in [1.29, 1.82) is 0 Å². The van der Waals surface area contributed by atoms with Crippen LogP contribution in [0.5, 0.6) is 0 Å². The molecule has 24 heavy (non-hydrogen) atoms. The van der Waals surface area contributed by atoms with Gasteiger partial charge in [-0.05, 0) is 58.3 Å². The lowest BCUT2D eigenvalue weighted by atomic mass is 9.72. The van der Waals surface area contributed by atoms with Crippen LogP contribution in [0.1, 0.15) is 73.6 Å². The van der Waals surface area contributed by atoms with Crippen LogP contribution in [-0.2, 0) is 4.79 Å². The molecule has 1 aliphatic heterocycles. The molecule has 0 saturated carbocycles. The highest BCUT2D eigenvalue weighted by molar-refractivity contribution is 6.02. The molecule has 4 heteroatoms. The molecule has 0 spiro atoms. The first-order valence-electron chi connectivity index (χ1n) is 9.18. The van der Waals surface area contributed by atoms with E-state index in [9.17, 15) is 9.59 Å². The summed E-state index contributed by atoms with van der Waals surface area (Å²) in [5.74, 6) is -0.0204. The van der Waals surface area contributed by atoms with Crippen molar-refractivity contribution in [2.45, 2.75) is 79.2 Å². The molecule has 4 nitrogen and oxygen atoms in total. The monoisotopic (exact) mass is 334 g/mol. The zero-order chi connectivity index (χ0) is 18.3. The van der Waals surface area contributed by atoms with Crippen LogP contribution in [0.4, 0.5) is 4.79 Å². The highest BCUT2D eigenvalue weighted by atomic mass is 16.2. The van der Waals surface area contributed by atoms with E-state index in [0.717, 1.165) is 25.7 Å². The number of allylic oxidation sites excluding steroid dienone is 1. The molecule has 0 N–H and O–H groups in total. The smallest absolute Gasteiger partial charge is 0.326 e. The maximum Gasteiger partial charge on any atom is 0.327 e. The summed E-state index contributed by atoms with van der Waals surface area (Å²) in [6.45, 7) is 13.0. The standard InChI is InChI=1S/C20H34N2O2/c1-18(2,3)13-19(4,5)22-16(23)20(6,14-21(7)17(22)24)15-11-9-8-10-12-15/h11H,8-10,12-14H2,1-7H3. The number of imide groups is 1. The Hall–Kier alpha value is -1.32. The maximum absolute atomic E-state index is 13.5. The molecule has 0 bridgehead atoms. The average Bonchev–Trinajstić information content (AvgIpc) is 2.43. The van der Waals surface area contributed by atoms with Gasteiger partial charge < -0.3 is 4.90 Å². The van der Waals surface area contributed by atoms with E-state index in [-0.39, 0.29) is 17.4 Å². The number of nitrogens with zero attached hydrogens (tertiary/aromatic N) is 2. The Labute approximate surface area is 147 Å². The van der Waals surface area contributed by atoms with E-state index >= 15 is 0 Å². The summed E-state index contributed by atoms with van der Waals surface area (Å²) in [6, 6.07) is -0.164. The third kappa shape index (κ3) is 3.52. The molecular weight excluding hydrogens is 300 g/mol. The zero-order valence-corrected chi connectivity index (χ0v) is 16.5. The predicted molar refractivity (Wildman–Crippen MR) is 97.7 cm³/mol. The van der Waals surface area contributed by atoms with Gasteiger partial charge in [-0.1, -0.05) is 32.4 Å². The van der Waals surface area contributed by atoms with Gasteiger partial charge in [0.1, 0.15) is 0 Å². The molecule has 1 aliphatic carbocycles. The lowest BCUT2D eigenvalue weighted by Gasteiger charge is -2.51. The Morgan fingerprint density at radius 3 is 2.25 bits per heavy atom. The van der Waals surface area contributed by atoms with Gasteiger partial charge in [-0.25, -0.2) is 4.79 Å². The van der Waals surface area contributed by atoms with E-state index in [1.165, 1.54) is 16.9 Å². The molecule has 1 saturated heterocycles. The fourth-order valence-corrected chi connectivity index (χ4v) is 4.60. The molecule has 0 aromatic carbocycles. The van der Waals surface area contributed by atoms with Gasteiger partial charge in [-0.2, -0.15) is 0 Å². The van der Waals surface area contributed by atoms with Crippen LogP contribution in [0.2, 0.25) is 0 Å². The Balaban J connectivity index is 2.41. The lowest BCUT2D eigenvalue weighted by Crippen LogP contribution is -2.66. The van der Waals surface area contributed by atoms with E-state index in [4.69, 9.17) is 0 Å². The van der Waals surface area contributed by atoms with Crippen LogP contribution in [-0.4, -0.2) is 40.9 Å². The first-order valence-corrected chi connectivity index (χ1v) is 9.18. The molecule has 2 aliphatic rings. The van der Waals surface area contributed by atoms with E-state index in [1.54, 1.807) is 4.90 Å². The van der Waals surface area contributed by atoms with E-state index in [1.807, 2.05) is 27.8 Å². The second-order valence-corrected chi connectivity index (χ2v) is 9.64. The Bertz CT molecular complexity index is 556. The molecule has 1 fully saturated rings. The van der Waals surface area contributed by atoms with Gasteiger partial charge in [0.25, 0.3) is 0 Å². The Morgan fingerprint density at radius 1 is 1.12 bits per heavy atom. The quantitative estimate of drug-likeness (QED) is 0.708. The number of hydrogen-bond acceptors (Lipinski definition) is 2. The number of rotatable bonds is 3. The van der Waals surface area contributed by atoms with Crippen molar-refractivity contribution in [2.24, 2.45) is 10.8 Å². The minimum absolute atomic E-state index is 0.0204. The Kier molecular flexibility index (Phi) is 4.91. The van der Waals surface area contributed by atoms with Gasteiger partial charge in [0, 0.05) is 19.1 Å². The molecule has 0 aromatic rings. The number of amides is 3. The first kappa shape index (κ1) is 19.0. The van der Waals surface area contributed by atoms with Crippen molar-refractivity contribution < 1.29 is 9.59 Å². The summed E-state index contributed by atoms with van der Waals surface area (Å²) in [5, 5.41) is 0. The Morgan fingerprint density at radius 2 is 1.75 bits per heavy atom. The van der Waals surface area contributed by atoms with Gasteiger partial charge in [0.05, 0.1) is 5.41 Å². The number of hydrogen-bond donors (Lipinski definition) is 0. The van der Waals surface area contributed by atoms with Gasteiger partial charge in [0.2, 0.25) is 5.91 Å². The normalized spacial score (nSPS) is 26.7. The largest absolute Gasteiger partial charge is 0.327 e. The van der Waals surface area contributed by atoms with Crippen molar-refractivity contribution in [3.05, 3.63) is 11.6 Å². The fraction of sp³-hybridized carbons (Fsp3) is 0.800. The van der Waals surface area contributed by atoms with Crippen LogP contribution >= 0.6 is 0 Å². The summed E-state index contributed by atoms with van der Waals surface area (Å²) in [7, 11) is 1.82. The minimum Gasteiger partial charge on any atom is -0.326 e. The molecule has 0 radical (unpaired) electrons. The van der Waals surface area contributed by atoms with Crippen LogP contribution in [0, 0.1) is 10.8 Å². The van der Waals surface area contributed by atoms with E-state index < -0.39 is 11.0 Å². The van der Waals surface area contributed by atoms with Gasteiger partial charge in [-0.15, -0.1) is 0 Å². The van der Waals surface area contributed by atoms with E-state index in [2.05, 4.69) is 26.8 Å². The molecule has 136 valence electrons. The fourth-order valence-electron chi connectivity index (χ4n) is 4.60. The zero-order valence-electron chi connectivity index (χ0n) is 16.5. The van der Waals surface area contributed by atoms with Crippen LogP contribution in [0.25, 0.3) is 0 Å². The molecular formula is C20H34N2O2. The first-order chi connectivity index (χ1) is 10.9. The molecule has 1 heterocycles. The number of urea groups is 1. The van der Waals surface area contributed by atoms with Crippen molar-refractivity contribution in [3.8, 4) is 0 Å². The number of carbonyl (C=O) groups is 2. The number of carbonyl (C=O) groups excluding carboxylic acids is 2. The highest BCUT2D eigenvalue weighted by Crippen LogP contribution is 2.43. The summed E-state index contributed by atoms with van der Waals surface area (Å²) in [4.78, 5) is 29.6. The van der Waals surface area contributed by atoms with Crippen LogP contribution < -0.4 is 0 Å². The third-order valence-electron chi connectivity index (χ3n) is 5.31. The third-order valence-corrected chi connectivity index (χ3v) is 5.31. The van der Waals surface area contributed by atoms with Crippen LogP contribution in [0.15, 0.2) is 11.6 Å². The summed E-state index contributed by atoms with van der Waals surface area (Å²) >= 11 is 0.